The lowest BCUT2D eigenvalue weighted by molar-refractivity contribution is 0.756. The third-order valence-corrected chi connectivity index (χ3v) is 5.58. The van der Waals surface area contributed by atoms with Crippen molar-refractivity contribution in [3.63, 3.8) is 0 Å². The molecule has 0 bridgehead atoms. The van der Waals surface area contributed by atoms with Crippen LogP contribution in [0.1, 0.15) is 5.69 Å². The van der Waals surface area contributed by atoms with Crippen LogP contribution in [0.5, 0.6) is 0 Å². The van der Waals surface area contributed by atoms with Gasteiger partial charge in [-0.05, 0) is 34.7 Å². The van der Waals surface area contributed by atoms with Crippen LogP contribution < -0.4 is 0 Å². The standard InChI is InChI=1S/C17H12ClN5S2/c18-13-8-6-12(7-9-13)16-19-14(10-24-16)11-25-17-20-21-22-23(17)15-4-2-1-3-5-15/h1-10H,11H2. The minimum atomic E-state index is 0.706. The van der Waals surface area contributed by atoms with Crippen LogP contribution in [-0.2, 0) is 5.75 Å². The van der Waals surface area contributed by atoms with E-state index in [9.17, 15) is 0 Å². The summed E-state index contributed by atoms with van der Waals surface area (Å²) in [6, 6.07) is 17.6. The van der Waals surface area contributed by atoms with E-state index in [-0.39, 0.29) is 0 Å². The lowest BCUT2D eigenvalue weighted by Crippen LogP contribution is -1.98. The lowest BCUT2D eigenvalue weighted by atomic mass is 10.2. The highest BCUT2D eigenvalue weighted by Gasteiger charge is 2.11. The summed E-state index contributed by atoms with van der Waals surface area (Å²) >= 11 is 9.12. The van der Waals surface area contributed by atoms with Gasteiger partial charge in [-0.15, -0.1) is 16.4 Å². The molecular weight excluding hydrogens is 374 g/mol. The molecule has 0 fully saturated rings. The van der Waals surface area contributed by atoms with Crippen molar-refractivity contribution >= 4 is 34.7 Å². The van der Waals surface area contributed by atoms with Crippen LogP contribution in [0.2, 0.25) is 5.02 Å². The van der Waals surface area contributed by atoms with Gasteiger partial charge in [0.2, 0.25) is 5.16 Å². The fraction of sp³-hybridized carbons (Fsp3) is 0.0588. The summed E-state index contributed by atoms with van der Waals surface area (Å²) < 4.78 is 1.73. The van der Waals surface area contributed by atoms with Crippen molar-refractivity contribution in [2.24, 2.45) is 0 Å². The van der Waals surface area contributed by atoms with Gasteiger partial charge in [0.1, 0.15) is 5.01 Å². The van der Waals surface area contributed by atoms with Gasteiger partial charge >= 0.3 is 0 Å². The quantitative estimate of drug-likeness (QED) is 0.465. The van der Waals surface area contributed by atoms with Gasteiger partial charge in [0.05, 0.1) is 11.4 Å². The van der Waals surface area contributed by atoms with E-state index in [0.717, 1.165) is 32.1 Å². The molecule has 4 aromatic rings. The number of thiazole rings is 1. The summed E-state index contributed by atoms with van der Waals surface area (Å²) in [4.78, 5) is 4.69. The van der Waals surface area contributed by atoms with Crippen molar-refractivity contribution in [2.75, 3.05) is 0 Å². The summed E-state index contributed by atoms with van der Waals surface area (Å²) in [5.41, 5.74) is 3.01. The molecule has 2 aromatic carbocycles. The van der Waals surface area contributed by atoms with Crippen LogP contribution in [0.25, 0.3) is 16.3 Å². The van der Waals surface area contributed by atoms with Crippen molar-refractivity contribution < 1.29 is 0 Å². The second-order valence-corrected chi connectivity index (χ2v) is 7.39. The number of aromatic nitrogens is 5. The molecule has 0 aliphatic heterocycles. The first-order chi connectivity index (χ1) is 12.3. The second-order valence-electron chi connectivity index (χ2n) is 5.15. The van der Waals surface area contributed by atoms with E-state index in [1.54, 1.807) is 27.8 Å². The number of para-hydroxylation sites is 1. The highest BCUT2D eigenvalue weighted by Crippen LogP contribution is 2.28. The first-order valence-electron chi connectivity index (χ1n) is 7.46. The molecule has 0 aliphatic rings. The maximum absolute atomic E-state index is 5.94. The monoisotopic (exact) mass is 385 g/mol. The third kappa shape index (κ3) is 3.73. The van der Waals surface area contributed by atoms with Crippen LogP contribution in [0.15, 0.2) is 65.1 Å². The molecule has 0 unspecified atom stereocenters. The molecular formula is C17H12ClN5S2. The zero-order valence-electron chi connectivity index (χ0n) is 12.9. The minimum absolute atomic E-state index is 0.706. The fourth-order valence-electron chi connectivity index (χ4n) is 2.24. The Kier molecular flexibility index (Phi) is 4.78. The van der Waals surface area contributed by atoms with Crippen LogP contribution >= 0.6 is 34.7 Å². The molecule has 0 amide bonds. The average molecular weight is 386 g/mol. The van der Waals surface area contributed by atoms with Crippen LogP contribution in [0.4, 0.5) is 0 Å². The maximum atomic E-state index is 5.94. The number of hydrogen-bond acceptors (Lipinski definition) is 6. The van der Waals surface area contributed by atoms with Gasteiger partial charge in [-0.3, -0.25) is 0 Å². The summed E-state index contributed by atoms with van der Waals surface area (Å²) in [7, 11) is 0. The average Bonchev–Trinajstić information content (AvgIpc) is 3.31. The van der Waals surface area contributed by atoms with E-state index in [4.69, 9.17) is 11.6 Å². The van der Waals surface area contributed by atoms with Gasteiger partial charge in [0.15, 0.2) is 0 Å². The Hall–Kier alpha value is -2.22. The normalized spacial score (nSPS) is 10.9. The Labute approximate surface area is 157 Å². The molecule has 0 radical (unpaired) electrons. The molecule has 2 heterocycles. The van der Waals surface area contributed by atoms with Gasteiger partial charge in [0.25, 0.3) is 0 Å². The number of halogens is 1. The predicted molar refractivity (Wildman–Crippen MR) is 101 cm³/mol. The molecule has 0 saturated carbocycles. The minimum Gasteiger partial charge on any atom is -0.240 e. The van der Waals surface area contributed by atoms with E-state index < -0.39 is 0 Å². The number of tetrazole rings is 1. The number of rotatable bonds is 5. The molecule has 5 nitrogen and oxygen atoms in total. The van der Waals surface area contributed by atoms with Crippen molar-refractivity contribution in [1.82, 2.24) is 25.2 Å². The molecule has 8 heteroatoms. The Morgan fingerprint density at radius 3 is 2.64 bits per heavy atom. The zero-order chi connectivity index (χ0) is 17.1. The van der Waals surface area contributed by atoms with E-state index >= 15 is 0 Å². The number of thioether (sulfide) groups is 1. The summed E-state index contributed by atoms with van der Waals surface area (Å²) in [5.74, 6) is 0.706. The fourth-order valence-corrected chi connectivity index (χ4v) is 4.08. The summed E-state index contributed by atoms with van der Waals surface area (Å²) in [6.45, 7) is 0. The van der Waals surface area contributed by atoms with Crippen LogP contribution in [0.3, 0.4) is 0 Å². The zero-order valence-corrected chi connectivity index (χ0v) is 15.3. The van der Waals surface area contributed by atoms with Gasteiger partial charge in [-0.25, -0.2) is 4.98 Å². The topological polar surface area (TPSA) is 56.5 Å². The van der Waals surface area contributed by atoms with Gasteiger partial charge < -0.3 is 0 Å². The highest BCUT2D eigenvalue weighted by molar-refractivity contribution is 7.98. The number of benzene rings is 2. The molecule has 0 atom stereocenters. The predicted octanol–water partition coefficient (Wildman–Crippen LogP) is 4.73. The van der Waals surface area contributed by atoms with Crippen molar-refractivity contribution in [3.05, 3.63) is 70.7 Å². The van der Waals surface area contributed by atoms with E-state index in [1.807, 2.05) is 54.6 Å². The summed E-state index contributed by atoms with van der Waals surface area (Å²) in [6.07, 6.45) is 0. The van der Waals surface area contributed by atoms with Crippen LogP contribution in [0, 0.1) is 0 Å². The molecule has 0 saturated heterocycles. The Morgan fingerprint density at radius 1 is 1.04 bits per heavy atom. The largest absolute Gasteiger partial charge is 0.240 e. The third-order valence-electron chi connectivity index (χ3n) is 3.43. The SMILES string of the molecule is Clc1ccc(-c2nc(CSc3nnnn3-c3ccccc3)cs2)cc1. The second kappa shape index (κ2) is 7.35. The Morgan fingerprint density at radius 2 is 1.84 bits per heavy atom. The first kappa shape index (κ1) is 16.3. The maximum Gasteiger partial charge on any atom is 0.214 e. The van der Waals surface area contributed by atoms with Crippen molar-refractivity contribution in [2.45, 2.75) is 10.9 Å². The Balaban J connectivity index is 1.48. The molecule has 4 rings (SSSR count). The molecule has 0 aliphatic carbocycles. The highest BCUT2D eigenvalue weighted by atomic mass is 35.5. The smallest absolute Gasteiger partial charge is 0.214 e. The molecule has 2 aromatic heterocycles. The van der Waals surface area contributed by atoms with Gasteiger partial charge in [-0.1, -0.05) is 53.7 Å². The molecule has 124 valence electrons. The van der Waals surface area contributed by atoms with Crippen LogP contribution in [-0.4, -0.2) is 25.2 Å². The van der Waals surface area contributed by atoms with E-state index in [1.165, 1.54) is 0 Å². The van der Waals surface area contributed by atoms with E-state index in [2.05, 4.69) is 25.9 Å². The van der Waals surface area contributed by atoms with Crippen molar-refractivity contribution in [1.29, 1.82) is 0 Å². The lowest BCUT2D eigenvalue weighted by Gasteiger charge is -2.02. The summed E-state index contributed by atoms with van der Waals surface area (Å²) in [5, 5.41) is 16.5. The van der Waals surface area contributed by atoms with Gasteiger partial charge in [0, 0.05) is 21.7 Å². The van der Waals surface area contributed by atoms with Crippen molar-refractivity contribution in [3.8, 4) is 16.3 Å². The molecule has 0 spiro atoms. The number of hydrogen-bond donors (Lipinski definition) is 0. The molecule has 25 heavy (non-hydrogen) atoms. The number of nitrogens with zero attached hydrogens (tertiary/aromatic N) is 5. The Bertz CT molecular complexity index is 966. The van der Waals surface area contributed by atoms with E-state index in [0.29, 0.717) is 5.75 Å². The van der Waals surface area contributed by atoms with Gasteiger partial charge in [-0.2, -0.15) is 4.68 Å². The molecule has 0 N–H and O–H groups in total. The first-order valence-corrected chi connectivity index (χ1v) is 9.71.